The van der Waals surface area contributed by atoms with Crippen molar-refractivity contribution >= 4 is 19.8 Å². The molecule has 90 heavy (non-hydrogen) atoms. The maximum Gasteiger partial charge on any atom is 0.472 e. The van der Waals surface area contributed by atoms with Gasteiger partial charge in [-0.25, -0.2) is 4.57 Å². The Labute approximate surface area is 563 Å². The number of phosphoric acid groups is 1. The van der Waals surface area contributed by atoms with Crippen molar-refractivity contribution in [3.05, 3.63) is 0 Å². The first kappa shape index (κ1) is 89.0. The lowest BCUT2D eigenvalue weighted by Crippen LogP contribution is -2.37. The largest absolute Gasteiger partial charge is 0.472 e. The van der Waals surface area contributed by atoms with Crippen LogP contribution >= 0.6 is 7.82 Å². The second-order valence-electron chi connectivity index (χ2n) is 29.5. The first-order valence-electron chi connectivity index (χ1n) is 40.8. The molecule has 1 N–H and O–H groups in total. The minimum atomic E-state index is -4.39. The van der Waals surface area contributed by atoms with Gasteiger partial charge in [0.15, 0.2) is 6.10 Å². The Balaban J connectivity index is 3.84. The summed E-state index contributed by atoms with van der Waals surface area (Å²) < 4.78 is 34.8. The smallest absolute Gasteiger partial charge is 0.462 e. The van der Waals surface area contributed by atoms with E-state index in [1.165, 1.54) is 385 Å². The third-order valence-corrected chi connectivity index (χ3v) is 20.1. The van der Waals surface area contributed by atoms with Crippen molar-refractivity contribution in [2.24, 2.45) is 0 Å². The predicted octanol–water partition coefficient (Wildman–Crippen LogP) is 26.8. The molecule has 0 aromatic carbocycles. The lowest BCUT2D eigenvalue weighted by Gasteiger charge is -2.24. The predicted molar refractivity (Wildman–Crippen MR) is 391 cm³/mol. The first-order valence-corrected chi connectivity index (χ1v) is 42.3. The molecule has 0 amide bonds. The zero-order chi connectivity index (χ0) is 65.5. The molecule has 0 spiro atoms. The summed E-state index contributed by atoms with van der Waals surface area (Å²) in [6.45, 7) is 4.54. The molecule has 0 saturated heterocycles. The molecule has 0 aromatic heterocycles. The van der Waals surface area contributed by atoms with Crippen LogP contribution in [0.25, 0.3) is 0 Å². The van der Waals surface area contributed by atoms with E-state index in [4.69, 9.17) is 18.5 Å². The number of esters is 2. The highest BCUT2D eigenvalue weighted by Gasteiger charge is 2.27. The molecule has 0 saturated carbocycles. The van der Waals surface area contributed by atoms with Gasteiger partial charge >= 0.3 is 19.8 Å². The molecule has 0 aliphatic carbocycles. The molecule has 10 heteroatoms. The number of carbonyl (C=O) groups is 2. The van der Waals surface area contributed by atoms with Gasteiger partial charge in [0.25, 0.3) is 0 Å². The van der Waals surface area contributed by atoms with E-state index in [9.17, 15) is 19.0 Å². The fourth-order valence-electron chi connectivity index (χ4n) is 12.9. The van der Waals surface area contributed by atoms with Gasteiger partial charge in [0.2, 0.25) is 0 Å². The molecule has 2 unspecified atom stereocenters. The fraction of sp³-hybridized carbons (Fsp3) is 0.975. The maximum absolute atomic E-state index is 12.9. The number of unbranched alkanes of at least 4 members (excludes halogenated alkanes) is 64. The van der Waals surface area contributed by atoms with Gasteiger partial charge in [0.05, 0.1) is 27.7 Å². The normalized spacial score (nSPS) is 12.9. The Bertz CT molecular complexity index is 1470. The number of hydrogen-bond donors (Lipinski definition) is 1. The number of quaternary nitrogens is 1. The van der Waals surface area contributed by atoms with E-state index in [1.54, 1.807) is 0 Å². The minimum Gasteiger partial charge on any atom is -0.462 e. The molecule has 2 atom stereocenters. The Morgan fingerprint density at radius 2 is 0.500 bits per heavy atom. The quantitative estimate of drug-likeness (QED) is 0.0278. The number of ether oxygens (including phenoxy) is 2. The van der Waals surface area contributed by atoms with E-state index in [2.05, 4.69) is 13.8 Å². The zero-order valence-electron chi connectivity index (χ0n) is 61.7. The van der Waals surface area contributed by atoms with E-state index in [0.717, 1.165) is 38.5 Å². The van der Waals surface area contributed by atoms with Crippen LogP contribution in [0, 0.1) is 0 Å². The van der Waals surface area contributed by atoms with Crippen LogP contribution in [0.2, 0.25) is 0 Å². The second kappa shape index (κ2) is 72.3. The van der Waals surface area contributed by atoms with Crippen LogP contribution in [0.4, 0.5) is 0 Å². The van der Waals surface area contributed by atoms with E-state index in [-0.39, 0.29) is 25.6 Å². The number of hydrogen-bond acceptors (Lipinski definition) is 7. The number of likely N-dealkylation sites (N-methyl/N-ethyl adjacent to an activating group) is 1. The van der Waals surface area contributed by atoms with Crippen LogP contribution in [-0.4, -0.2) is 74.9 Å². The highest BCUT2D eigenvalue weighted by Crippen LogP contribution is 2.43. The SMILES string of the molecule is CCCCCCCCCCCCCCCCCCCCCCCCCCCCCCCCCCCCCCCCCCC(=O)OC(COC(=O)CCCCCCCCCCCCCCCCCCCCCCCCCCCC)COP(=O)(O)OCC[N+](C)(C)C. The fourth-order valence-corrected chi connectivity index (χ4v) is 13.7. The number of nitrogens with zero attached hydrogens (tertiary/aromatic N) is 1. The van der Waals surface area contributed by atoms with Crippen LogP contribution in [0.1, 0.15) is 450 Å². The third-order valence-electron chi connectivity index (χ3n) is 19.1. The Morgan fingerprint density at radius 3 is 0.711 bits per heavy atom. The lowest BCUT2D eigenvalue weighted by atomic mass is 10.0. The van der Waals surface area contributed by atoms with Crippen molar-refractivity contribution in [2.45, 2.75) is 457 Å². The Kier molecular flexibility index (Phi) is 71.5. The molecule has 0 aliphatic rings. The van der Waals surface area contributed by atoms with Gasteiger partial charge in [-0.3, -0.25) is 18.6 Å². The molecule has 0 bridgehead atoms. The van der Waals surface area contributed by atoms with Crippen molar-refractivity contribution in [3.8, 4) is 0 Å². The van der Waals surface area contributed by atoms with E-state index < -0.39 is 26.5 Å². The highest BCUT2D eigenvalue weighted by molar-refractivity contribution is 7.47. The Morgan fingerprint density at radius 1 is 0.300 bits per heavy atom. The summed E-state index contributed by atoms with van der Waals surface area (Å²) in [6, 6.07) is 0. The van der Waals surface area contributed by atoms with Gasteiger partial charge in [0, 0.05) is 12.8 Å². The van der Waals surface area contributed by atoms with Crippen LogP contribution in [-0.2, 0) is 32.7 Å². The summed E-state index contributed by atoms with van der Waals surface area (Å²) in [7, 11) is 1.51. The van der Waals surface area contributed by atoms with Crippen LogP contribution in [0.5, 0.6) is 0 Å². The van der Waals surface area contributed by atoms with Crippen LogP contribution < -0.4 is 0 Å². The highest BCUT2D eigenvalue weighted by atomic mass is 31.2. The van der Waals surface area contributed by atoms with Crippen molar-refractivity contribution in [3.63, 3.8) is 0 Å². The number of rotatable bonds is 78. The standard InChI is InChI=1S/C80H160NO8P/c1-6-8-10-12-14-16-18-20-22-24-26-28-30-32-34-35-36-37-38-39-40-41-42-43-44-45-46-47-49-51-53-55-57-59-61-63-65-67-69-71-73-80(83)89-78(77-88-90(84,85)87-75-74-81(3,4)5)76-86-79(82)72-70-68-66-64-62-60-58-56-54-52-50-48-33-31-29-27-25-23-21-19-17-15-13-11-9-7-2/h78H,6-77H2,1-5H3/p+1. The molecule has 538 valence electrons. The zero-order valence-corrected chi connectivity index (χ0v) is 62.6. The topological polar surface area (TPSA) is 108 Å². The van der Waals surface area contributed by atoms with Crippen LogP contribution in [0.15, 0.2) is 0 Å². The van der Waals surface area contributed by atoms with Gasteiger partial charge in [-0.1, -0.05) is 425 Å². The van der Waals surface area contributed by atoms with Crippen LogP contribution in [0.3, 0.4) is 0 Å². The molecule has 9 nitrogen and oxygen atoms in total. The Hall–Kier alpha value is -0.990. The molecule has 0 aliphatic heterocycles. The van der Waals surface area contributed by atoms with E-state index in [0.29, 0.717) is 17.4 Å². The van der Waals surface area contributed by atoms with Gasteiger partial charge in [-0.15, -0.1) is 0 Å². The summed E-state index contributed by atoms with van der Waals surface area (Å²) >= 11 is 0. The van der Waals surface area contributed by atoms with Crippen molar-refractivity contribution in [2.75, 3.05) is 47.5 Å². The molecule has 0 fully saturated rings. The number of phosphoric ester groups is 1. The monoisotopic (exact) mass is 1300 g/mol. The average Bonchev–Trinajstić information content (AvgIpc) is 3.60. The van der Waals surface area contributed by atoms with Crippen molar-refractivity contribution in [1.82, 2.24) is 0 Å². The minimum absolute atomic E-state index is 0.0378. The van der Waals surface area contributed by atoms with Gasteiger partial charge in [0.1, 0.15) is 19.8 Å². The number of carbonyl (C=O) groups excluding carboxylic acids is 2. The molecule has 0 heterocycles. The molecule has 0 aromatic rings. The average molecular weight is 1300 g/mol. The van der Waals surface area contributed by atoms with E-state index >= 15 is 0 Å². The summed E-state index contributed by atoms with van der Waals surface area (Å²) in [5.74, 6) is -0.764. The molecule has 0 rings (SSSR count). The summed E-state index contributed by atoms with van der Waals surface area (Å²) in [5.41, 5.74) is 0. The second-order valence-corrected chi connectivity index (χ2v) is 31.0. The molecular formula is C80H161NO8P+. The van der Waals surface area contributed by atoms with Crippen molar-refractivity contribution in [1.29, 1.82) is 0 Å². The van der Waals surface area contributed by atoms with Gasteiger partial charge < -0.3 is 18.9 Å². The molecule has 0 radical (unpaired) electrons. The van der Waals surface area contributed by atoms with E-state index in [1.807, 2.05) is 21.1 Å². The maximum atomic E-state index is 12.9. The van der Waals surface area contributed by atoms with Gasteiger partial charge in [-0.2, -0.15) is 0 Å². The first-order chi connectivity index (χ1) is 44.0. The summed E-state index contributed by atoms with van der Waals surface area (Å²) in [5, 5.41) is 0. The third kappa shape index (κ3) is 76.0. The van der Waals surface area contributed by atoms with Crippen molar-refractivity contribution < 1.29 is 42.1 Å². The lowest BCUT2D eigenvalue weighted by molar-refractivity contribution is -0.870. The van der Waals surface area contributed by atoms with Gasteiger partial charge in [-0.05, 0) is 12.8 Å². The summed E-state index contributed by atoms with van der Waals surface area (Å²) in [6.07, 6.45) is 89.9. The summed E-state index contributed by atoms with van der Waals surface area (Å²) in [4.78, 5) is 36.0. The molecular weight excluding hydrogens is 1130 g/mol.